The third-order valence-electron chi connectivity index (χ3n) is 0.756. The van der Waals surface area contributed by atoms with Crippen LogP contribution >= 0.6 is 0 Å². The monoisotopic (exact) mass is 180 g/mol. The summed E-state index contributed by atoms with van der Waals surface area (Å²) in [5.41, 5.74) is 0. The van der Waals surface area contributed by atoms with Crippen molar-refractivity contribution in [3.8, 4) is 5.75 Å². The minimum atomic E-state index is 0. The first-order chi connectivity index (χ1) is 3.39. The van der Waals surface area contributed by atoms with Gasteiger partial charge in [-0.25, -0.2) is 0 Å². The van der Waals surface area contributed by atoms with Gasteiger partial charge in [0.05, 0.1) is 0 Å². The van der Waals surface area contributed by atoms with Gasteiger partial charge < -0.3 is 6.53 Å². The molecule has 0 amide bonds. The van der Waals surface area contributed by atoms with Crippen LogP contribution in [0.3, 0.4) is 0 Å². The molecule has 0 spiro atoms. The van der Waals surface area contributed by atoms with Crippen molar-refractivity contribution in [2.75, 3.05) is 0 Å². The van der Waals surface area contributed by atoms with E-state index in [1.165, 1.54) is 0 Å². The van der Waals surface area contributed by atoms with Gasteiger partial charge in [0.2, 0.25) is 0 Å². The molecule has 2 heteroatoms. The minimum Gasteiger partial charge on any atom is -1.00 e. The van der Waals surface area contributed by atoms with Crippen LogP contribution in [0, 0.1) is 0 Å². The second-order valence-electron chi connectivity index (χ2n) is 1.34. The molecule has 0 aliphatic rings. The zero-order chi connectivity index (χ0) is 5.11. The predicted octanol–water partition coefficient (Wildman–Crippen LogP) is -1.49. The maximum atomic E-state index is 8.63. The summed E-state index contributed by atoms with van der Waals surface area (Å²) in [5.74, 6) is 0.322. The Bertz CT molecular complexity index is 143. The summed E-state index contributed by atoms with van der Waals surface area (Å²) < 4.78 is 0. The molecule has 1 N–H and O–H groups in total. The summed E-state index contributed by atoms with van der Waals surface area (Å²) >= 11 is 0. The average Bonchev–Trinajstić information content (AvgIpc) is 1.69. The fraction of sp³-hybridized carbons (Fsp3) is 0. The maximum absolute atomic E-state index is 8.63. The Morgan fingerprint density at radius 3 is 1.88 bits per heavy atom. The molecule has 0 fully saturated rings. The van der Waals surface area contributed by atoms with Gasteiger partial charge >= 0.3 is 58.2 Å². The summed E-state index contributed by atoms with van der Waals surface area (Å²) in [5, 5.41) is 8.63. The van der Waals surface area contributed by atoms with Crippen LogP contribution in [0.4, 0.5) is 0 Å². The van der Waals surface area contributed by atoms with E-state index in [2.05, 4.69) is 0 Å². The first kappa shape index (κ1) is 8.83. The smallest absolute Gasteiger partial charge is 1.00 e. The molecule has 0 radical (unpaired) electrons. The summed E-state index contributed by atoms with van der Waals surface area (Å²) in [7, 11) is 0. The standard InChI is InChI=1S/C6H6O.Rb.H/c7-6-4-2-1-3-5-6;;/h1-5,7H;;/q;+1;-1. The molecule has 0 unspecified atom stereocenters. The van der Waals surface area contributed by atoms with Gasteiger partial charge in [0.1, 0.15) is 5.75 Å². The van der Waals surface area contributed by atoms with Crippen LogP contribution in [0.1, 0.15) is 1.43 Å². The molecule has 0 aliphatic heterocycles. The van der Waals surface area contributed by atoms with Crippen LogP contribution in [0.25, 0.3) is 0 Å². The second kappa shape index (κ2) is 4.68. The number of aromatic hydroxyl groups is 1. The fourth-order valence-corrected chi connectivity index (χ4v) is 0.428. The molecule has 1 nitrogen and oxygen atoms in total. The maximum Gasteiger partial charge on any atom is 1.00 e. The molecular weight excluding hydrogens is 174 g/mol. The number of benzene rings is 1. The molecule has 0 saturated carbocycles. The van der Waals surface area contributed by atoms with E-state index in [1.807, 2.05) is 6.07 Å². The Kier molecular flexibility index (Phi) is 5.16. The van der Waals surface area contributed by atoms with E-state index in [1.54, 1.807) is 24.3 Å². The van der Waals surface area contributed by atoms with Crippen molar-refractivity contribution in [3.63, 3.8) is 0 Å². The molecule has 8 heavy (non-hydrogen) atoms. The summed E-state index contributed by atoms with van der Waals surface area (Å²) in [6.07, 6.45) is 0. The van der Waals surface area contributed by atoms with E-state index < -0.39 is 0 Å². The van der Waals surface area contributed by atoms with Gasteiger partial charge in [0.15, 0.2) is 0 Å². The molecule has 0 aromatic heterocycles. The quantitative estimate of drug-likeness (QED) is 0.516. The largest absolute Gasteiger partial charge is 1.00 e. The van der Waals surface area contributed by atoms with Crippen LogP contribution in [0.15, 0.2) is 30.3 Å². The van der Waals surface area contributed by atoms with Crippen LogP contribution in [0.2, 0.25) is 0 Å². The first-order valence-electron chi connectivity index (χ1n) is 2.13. The van der Waals surface area contributed by atoms with E-state index in [0.717, 1.165) is 0 Å². The topological polar surface area (TPSA) is 20.2 Å². The van der Waals surface area contributed by atoms with Crippen molar-refractivity contribution in [2.24, 2.45) is 0 Å². The van der Waals surface area contributed by atoms with Gasteiger partial charge in [-0.1, -0.05) is 18.2 Å². The molecule has 1 aromatic carbocycles. The zero-order valence-electron chi connectivity index (χ0n) is 5.83. The molecule has 0 saturated heterocycles. The Labute approximate surface area is 99.0 Å². The number of phenols is 1. The Hall–Kier alpha value is 0.825. The van der Waals surface area contributed by atoms with E-state index in [0.29, 0.717) is 5.75 Å². The third kappa shape index (κ3) is 2.97. The SMILES string of the molecule is Oc1ccccc1.[H-].[Rb+]. The molecule has 38 valence electrons. The number of phenolic OH excluding ortho intramolecular Hbond substituents is 1. The van der Waals surface area contributed by atoms with Gasteiger partial charge in [-0.2, -0.15) is 0 Å². The van der Waals surface area contributed by atoms with Gasteiger partial charge in [-0.3, -0.25) is 0 Å². The number of para-hydroxylation sites is 1. The van der Waals surface area contributed by atoms with Gasteiger partial charge in [0, 0.05) is 0 Å². The Morgan fingerprint density at radius 1 is 1.12 bits per heavy atom. The zero-order valence-corrected chi connectivity index (χ0v) is 9.75. The normalized spacial score (nSPS) is 7.50. The van der Waals surface area contributed by atoms with Crippen molar-refractivity contribution in [2.45, 2.75) is 0 Å². The van der Waals surface area contributed by atoms with E-state index in [-0.39, 0.29) is 59.6 Å². The van der Waals surface area contributed by atoms with Crippen molar-refractivity contribution >= 4 is 0 Å². The van der Waals surface area contributed by atoms with Gasteiger partial charge in [-0.05, 0) is 12.1 Å². The fourth-order valence-electron chi connectivity index (χ4n) is 0.428. The van der Waals surface area contributed by atoms with Crippen LogP contribution < -0.4 is 58.2 Å². The van der Waals surface area contributed by atoms with Gasteiger partial charge in [-0.15, -0.1) is 0 Å². The average molecular weight is 181 g/mol. The molecule has 0 heterocycles. The second-order valence-corrected chi connectivity index (χ2v) is 1.34. The molecular formula is C6H7ORb. The molecule has 0 atom stereocenters. The predicted molar refractivity (Wildman–Crippen MR) is 29.2 cm³/mol. The molecule has 1 aromatic rings. The van der Waals surface area contributed by atoms with E-state index >= 15 is 0 Å². The third-order valence-corrected chi connectivity index (χ3v) is 0.756. The van der Waals surface area contributed by atoms with E-state index in [4.69, 9.17) is 5.11 Å². The van der Waals surface area contributed by atoms with Crippen molar-refractivity contribution < 1.29 is 64.7 Å². The summed E-state index contributed by atoms with van der Waals surface area (Å²) in [6, 6.07) is 8.71. The Morgan fingerprint density at radius 2 is 1.62 bits per heavy atom. The van der Waals surface area contributed by atoms with Crippen molar-refractivity contribution in [3.05, 3.63) is 30.3 Å². The number of hydrogen-bond donors (Lipinski definition) is 1. The molecule has 0 bridgehead atoms. The van der Waals surface area contributed by atoms with Crippen LogP contribution in [-0.2, 0) is 0 Å². The number of rotatable bonds is 0. The minimum absolute atomic E-state index is 0. The summed E-state index contributed by atoms with van der Waals surface area (Å²) in [6.45, 7) is 0. The first-order valence-corrected chi connectivity index (χ1v) is 2.13. The summed E-state index contributed by atoms with van der Waals surface area (Å²) in [4.78, 5) is 0. The molecule has 1 rings (SSSR count). The van der Waals surface area contributed by atoms with Crippen molar-refractivity contribution in [1.29, 1.82) is 0 Å². The van der Waals surface area contributed by atoms with Crippen molar-refractivity contribution in [1.82, 2.24) is 0 Å². The number of hydrogen-bond acceptors (Lipinski definition) is 1. The van der Waals surface area contributed by atoms with Gasteiger partial charge in [0.25, 0.3) is 0 Å². The van der Waals surface area contributed by atoms with Crippen LogP contribution in [0.5, 0.6) is 5.75 Å². The molecule has 0 aliphatic carbocycles. The Balaban J connectivity index is 0. The van der Waals surface area contributed by atoms with Crippen LogP contribution in [-0.4, -0.2) is 5.11 Å². The van der Waals surface area contributed by atoms with E-state index in [9.17, 15) is 0 Å².